The van der Waals surface area contributed by atoms with Gasteiger partial charge in [-0.1, -0.05) is 12.1 Å². The van der Waals surface area contributed by atoms with Crippen molar-refractivity contribution in [3.8, 4) is 0 Å². The van der Waals surface area contributed by atoms with Gasteiger partial charge in [-0.3, -0.25) is 18.7 Å². The van der Waals surface area contributed by atoms with Crippen LogP contribution in [0.2, 0.25) is 0 Å². The molecule has 0 unspecified atom stereocenters. The fourth-order valence-electron chi connectivity index (χ4n) is 3.60. The Labute approximate surface area is 161 Å². The lowest BCUT2D eigenvalue weighted by atomic mass is 10.1. The Morgan fingerprint density at radius 3 is 2.75 bits per heavy atom. The van der Waals surface area contributed by atoms with Gasteiger partial charge >= 0.3 is 5.69 Å². The van der Waals surface area contributed by atoms with E-state index in [1.54, 1.807) is 11.4 Å². The monoisotopic (exact) mass is 380 g/mol. The number of hydrogen-bond donors (Lipinski definition) is 2. The second-order valence-electron chi connectivity index (χ2n) is 7.22. The van der Waals surface area contributed by atoms with Crippen LogP contribution in [0.5, 0.6) is 0 Å². The molecule has 1 aromatic carbocycles. The van der Waals surface area contributed by atoms with Gasteiger partial charge < -0.3 is 9.88 Å². The molecule has 2 N–H and O–H groups in total. The lowest BCUT2D eigenvalue weighted by Gasteiger charge is -2.12. The lowest BCUT2D eigenvalue weighted by Crippen LogP contribution is -2.28. The normalized spacial score (nSPS) is 11.6. The zero-order valence-corrected chi connectivity index (χ0v) is 16.5. The molecule has 0 saturated heterocycles. The Bertz CT molecular complexity index is 1300. The van der Waals surface area contributed by atoms with E-state index in [2.05, 4.69) is 51.9 Å². The molecule has 0 bridgehead atoms. The van der Waals surface area contributed by atoms with Gasteiger partial charge in [0.25, 0.3) is 5.56 Å². The smallest absolute Gasteiger partial charge is 0.329 e. The maximum absolute atomic E-state index is 12.3. The minimum Gasteiger partial charge on any atom is -0.385 e. The van der Waals surface area contributed by atoms with Crippen molar-refractivity contribution >= 4 is 22.6 Å². The van der Waals surface area contributed by atoms with Crippen LogP contribution in [0, 0.1) is 20.8 Å². The van der Waals surface area contributed by atoms with Crippen molar-refractivity contribution < 1.29 is 0 Å². The number of benzene rings is 1. The number of aromatic amines is 1. The quantitative estimate of drug-likeness (QED) is 0.519. The number of nitrogens with zero attached hydrogens (tertiary/aromatic N) is 4. The minimum atomic E-state index is -0.459. The molecule has 0 aliphatic heterocycles. The third kappa shape index (κ3) is 2.81. The molecule has 8 heteroatoms. The molecule has 4 aromatic rings. The number of fused-ring (bicyclic) bond motifs is 3. The van der Waals surface area contributed by atoms with Crippen molar-refractivity contribution in [2.24, 2.45) is 7.05 Å². The fraction of sp³-hybridized carbons (Fsp3) is 0.350. The van der Waals surface area contributed by atoms with Gasteiger partial charge in [0.1, 0.15) is 0 Å². The Balaban J connectivity index is 1.60. The summed E-state index contributed by atoms with van der Waals surface area (Å²) in [6.07, 6.45) is 2.79. The number of imidazole rings is 2. The molecule has 0 aliphatic rings. The van der Waals surface area contributed by atoms with Crippen LogP contribution in [-0.2, 0) is 13.6 Å². The third-order valence-corrected chi connectivity index (χ3v) is 5.39. The number of aryl methyl sites for hydroxylation is 4. The highest BCUT2D eigenvalue weighted by Gasteiger charge is 2.17. The molecule has 0 amide bonds. The predicted molar refractivity (Wildman–Crippen MR) is 110 cm³/mol. The van der Waals surface area contributed by atoms with Gasteiger partial charge in [0, 0.05) is 37.7 Å². The predicted octanol–water partition coefficient (Wildman–Crippen LogP) is 2.10. The van der Waals surface area contributed by atoms with Gasteiger partial charge in [-0.05, 0) is 44.4 Å². The molecule has 0 saturated carbocycles. The fourth-order valence-corrected chi connectivity index (χ4v) is 3.60. The average molecular weight is 380 g/mol. The van der Waals surface area contributed by atoms with Gasteiger partial charge in [0.15, 0.2) is 11.2 Å². The zero-order chi connectivity index (χ0) is 20.0. The van der Waals surface area contributed by atoms with E-state index in [0.717, 1.165) is 30.9 Å². The van der Waals surface area contributed by atoms with Crippen molar-refractivity contribution in [3.05, 3.63) is 62.1 Å². The molecule has 0 atom stereocenters. The Kier molecular flexibility index (Phi) is 4.33. The van der Waals surface area contributed by atoms with Crippen molar-refractivity contribution in [2.45, 2.75) is 33.7 Å². The van der Waals surface area contributed by atoms with Crippen LogP contribution in [-0.4, -0.2) is 30.0 Å². The van der Waals surface area contributed by atoms with Crippen LogP contribution in [0.3, 0.4) is 0 Å². The summed E-state index contributed by atoms with van der Waals surface area (Å²) in [5.41, 5.74) is 4.62. The molecule has 3 heterocycles. The topological polar surface area (TPSA) is 89.1 Å². The summed E-state index contributed by atoms with van der Waals surface area (Å²) in [6, 6.07) is 6.26. The van der Waals surface area contributed by atoms with Gasteiger partial charge in [-0.25, -0.2) is 4.79 Å². The van der Waals surface area contributed by atoms with E-state index in [-0.39, 0.29) is 0 Å². The largest absolute Gasteiger partial charge is 0.385 e. The molecule has 3 aromatic heterocycles. The van der Waals surface area contributed by atoms with Crippen molar-refractivity contribution in [2.75, 3.05) is 11.9 Å². The van der Waals surface area contributed by atoms with Crippen LogP contribution in [0.25, 0.3) is 16.9 Å². The van der Waals surface area contributed by atoms with Crippen LogP contribution in [0.4, 0.5) is 5.69 Å². The van der Waals surface area contributed by atoms with Crippen molar-refractivity contribution in [1.29, 1.82) is 0 Å². The highest BCUT2D eigenvalue weighted by atomic mass is 16.2. The number of rotatable bonds is 5. The van der Waals surface area contributed by atoms with E-state index >= 15 is 0 Å². The van der Waals surface area contributed by atoms with Crippen molar-refractivity contribution in [3.63, 3.8) is 0 Å². The first kappa shape index (κ1) is 18.1. The molecule has 146 valence electrons. The standard InChI is InChI=1S/C20H24N6O2/c1-12-7-5-8-15(14(12)3)21-9-6-10-25-13(2)11-26-16-17(22-19(25)26)24(4)20(28)23-18(16)27/h5,7-8,11,21H,6,9-10H2,1-4H3,(H,23,27,28). The zero-order valence-electron chi connectivity index (χ0n) is 16.5. The summed E-state index contributed by atoms with van der Waals surface area (Å²) in [4.78, 5) is 31.0. The number of nitrogens with one attached hydrogen (secondary N) is 2. The molecule has 4 rings (SSSR count). The summed E-state index contributed by atoms with van der Waals surface area (Å²) in [6.45, 7) is 7.81. The van der Waals surface area contributed by atoms with Crippen LogP contribution in [0.15, 0.2) is 34.0 Å². The lowest BCUT2D eigenvalue weighted by molar-refractivity contribution is 0.660. The Morgan fingerprint density at radius 2 is 1.96 bits per heavy atom. The molecule has 0 radical (unpaired) electrons. The van der Waals surface area contributed by atoms with Gasteiger partial charge in [0.2, 0.25) is 5.78 Å². The summed E-state index contributed by atoms with van der Waals surface area (Å²) in [5.74, 6) is 0.672. The maximum atomic E-state index is 12.3. The molecular formula is C20H24N6O2. The second-order valence-corrected chi connectivity index (χ2v) is 7.22. The number of aromatic nitrogens is 5. The first-order valence-electron chi connectivity index (χ1n) is 9.35. The molecular weight excluding hydrogens is 356 g/mol. The van der Waals surface area contributed by atoms with E-state index in [1.807, 2.05) is 13.1 Å². The minimum absolute atomic E-state index is 0.394. The average Bonchev–Trinajstić information content (AvgIpc) is 3.16. The highest BCUT2D eigenvalue weighted by molar-refractivity contribution is 5.75. The Hall–Kier alpha value is -3.29. The van der Waals surface area contributed by atoms with Crippen molar-refractivity contribution in [1.82, 2.24) is 23.5 Å². The Morgan fingerprint density at radius 1 is 1.18 bits per heavy atom. The van der Waals surface area contributed by atoms with Crippen LogP contribution >= 0.6 is 0 Å². The van der Waals surface area contributed by atoms with Gasteiger partial charge in [-0.15, -0.1) is 0 Å². The summed E-state index contributed by atoms with van der Waals surface area (Å²) in [5, 5.41) is 3.50. The number of H-pyrrole nitrogens is 1. The van der Waals surface area contributed by atoms with E-state index in [9.17, 15) is 9.59 Å². The highest BCUT2D eigenvalue weighted by Crippen LogP contribution is 2.19. The molecule has 0 spiro atoms. The molecule has 0 fully saturated rings. The molecule has 8 nitrogen and oxygen atoms in total. The summed E-state index contributed by atoms with van der Waals surface area (Å²) >= 11 is 0. The van der Waals surface area contributed by atoms with Crippen LogP contribution in [0.1, 0.15) is 23.2 Å². The first-order valence-corrected chi connectivity index (χ1v) is 9.35. The number of anilines is 1. The summed E-state index contributed by atoms with van der Waals surface area (Å²) < 4.78 is 5.21. The summed E-state index contributed by atoms with van der Waals surface area (Å²) in [7, 11) is 1.61. The van der Waals surface area contributed by atoms with Gasteiger partial charge in [-0.2, -0.15) is 4.98 Å². The van der Waals surface area contributed by atoms with E-state index < -0.39 is 11.2 Å². The van der Waals surface area contributed by atoms with Crippen LogP contribution < -0.4 is 16.6 Å². The third-order valence-electron chi connectivity index (χ3n) is 5.39. The number of hydrogen-bond acceptors (Lipinski definition) is 4. The van der Waals surface area contributed by atoms with E-state index in [1.165, 1.54) is 15.7 Å². The SMILES string of the molecule is Cc1cccc(NCCCn2c(C)cn3c4c(=O)[nH]c(=O)n(C)c4nc23)c1C. The first-order chi connectivity index (χ1) is 13.4. The maximum Gasteiger partial charge on any atom is 0.329 e. The van der Waals surface area contributed by atoms with E-state index in [0.29, 0.717) is 16.9 Å². The molecule has 0 aliphatic carbocycles. The molecule has 28 heavy (non-hydrogen) atoms. The van der Waals surface area contributed by atoms with Gasteiger partial charge in [0.05, 0.1) is 0 Å². The van der Waals surface area contributed by atoms with E-state index in [4.69, 9.17) is 0 Å². The second kappa shape index (κ2) is 6.70.